The first-order chi connectivity index (χ1) is 6.38. The Hall–Kier alpha value is -1.17. The van der Waals surface area contributed by atoms with Crippen LogP contribution >= 0.6 is 0 Å². The number of hydrogen-bond donors (Lipinski definition) is 0. The lowest BCUT2D eigenvalue weighted by atomic mass is 10.3. The van der Waals surface area contributed by atoms with Gasteiger partial charge in [-0.05, 0) is 6.92 Å². The van der Waals surface area contributed by atoms with E-state index in [0.717, 1.165) is 12.5 Å². The van der Waals surface area contributed by atoms with Crippen molar-refractivity contribution in [1.29, 1.82) is 0 Å². The summed E-state index contributed by atoms with van der Waals surface area (Å²) in [6.45, 7) is 1.43. The lowest BCUT2D eigenvalue weighted by Gasteiger charge is -2.07. The van der Waals surface area contributed by atoms with Crippen molar-refractivity contribution >= 4 is 9.84 Å². The molecule has 0 amide bonds. The van der Waals surface area contributed by atoms with Crippen molar-refractivity contribution in [2.24, 2.45) is 0 Å². The average molecular weight is 219 g/mol. The number of halogens is 1. The molecule has 0 aromatic carbocycles. The van der Waals surface area contributed by atoms with Gasteiger partial charge in [-0.25, -0.2) is 12.8 Å². The van der Waals surface area contributed by atoms with Gasteiger partial charge in [-0.15, -0.1) is 0 Å². The smallest absolute Gasteiger partial charge is 0.187 e. The molecule has 78 valence electrons. The summed E-state index contributed by atoms with van der Waals surface area (Å²) < 4.78 is 40.5. The van der Waals surface area contributed by atoms with Crippen molar-refractivity contribution in [3.05, 3.63) is 17.7 Å². The third kappa shape index (κ3) is 1.84. The van der Waals surface area contributed by atoms with Crippen molar-refractivity contribution in [3.63, 3.8) is 0 Å². The van der Waals surface area contributed by atoms with Crippen LogP contribution in [0.2, 0.25) is 0 Å². The van der Waals surface area contributed by atoms with Gasteiger partial charge in [0.05, 0.1) is 19.0 Å². The van der Waals surface area contributed by atoms with Crippen LogP contribution in [0.1, 0.15) is 5.69 Å². The highest BCUT2D eigenvalue weighted by molar-refractivity contribution is 7.90. The van der Waals surface area contributed by atoms with E-state index in [1.807, 2.05) is 0 Å². The SMILES string of the molecule is COc1cnc(C)c(S(C)(=O)=O)c1F. The van der Waals surface area contributed by atoms with E-state index in [9.17, 15) is 12.8 Å². The Bertz CT molecular complexity index is 456. The quantitative estimate of drug-likeness (QED) is 0.742. The number of nitrogens with zero attached hydrogens (tertiary/aromatic N) is 1. The number of aromatic nitrogens is 1. The lowest BCUT2D eigenvalue weighted by molar-refractivity contribution is 0.377. The van der Waals surface area contributed by atoms with E-state index in [1.54, 1.807) is 0 Å². The zero-order valence-corrected chi connectivity index (χ0v) is 8.85. The minimum atomic E-state index is -3.61. The molecule has 0 atom stereocenters. The zero-order valence-electron chi connectivity index (χ0n) is 8.04. The summed E-state index contributed by atoms with van der Waals surface area (Å²) in [5, 5.41) is 0. The molecule has 0 radical (unpaired) electrons. The predicted octanol–water partition coefficient (Wildman–Crippen LogP) is 0.941. The van der Waals surface area contributed by atoms with E-state index in [0.29, 0.717) is 0 Å². The Morgan fingerprint density at radius 1 is 1.50 bits per heavy atom. The molecular formula is C8H10FNO3S. The second-order valence-electron chi connectivity index (χ2n) is 2.83. The summed E-state index contributed by atoms with van der Waals surface area (Å²) in [6.07, 6.45) is 2.08. The van der Waals surface area contributed by atoms with Crippen LogP contribution in [0.15, 0.2) is 11.1 Å². The summed E-state index contributed by atoms with van der Waals surface area (Å²) in [7, 11) is -2.36. The summed E-state index contributed by atoms with van der Waals surface area (Å²) >= 11 is 0. The molecule has 0 aliphatic carbocycles. The number of aryl methyl sites for hydroxylation is 1. The van der Waals surface area contributed by atoms with Crippen LogP contribution < -0.4 is 4.74 Å². The van der Waals surface area contributed by atoms with E-state index >= 15 is 0 Å². The van der Waals surface area contributed by atoms with Gasteiger partial charge in [0, 0.05) is 6.26 Å². The van der Waals surface area contributed by atoms with Gasteiger partial charge in [0.25, 0.3) is 0 Å². The molecule has 1 heterocycles. The molecule has 0 unspecified atom stereocenters. The highest BCUT2D eigenvalue weighted by atomic mass is 32.2. The molecule has 0 spiro atoms. The minimum absolute atomic E-state index is 0.130. The zero-order chi connectivity index (χ0) is 10.9. The fourth-order valence-electron chi connectivity index (χ4n) is 1.11. The van der Waals surface area contributed by atoms with E-state index in [1.165, 1.54) is 14.0 Å². The van der Waals surface area contributed by atoms with E-state index in [-0.39, 0.29) is 11.4 Å². The number of sulfone groups is 1. The number of methoxy groups -OCH3 is 1. The first-order valence-corrected chi connectivity index (χ1v) is 5.66. The van der Waals surface area contributed by atoms with Crippen LogP contribution in [-0.2, 0) is 9.84 Å². The Kier molecular flexibility index (Phi) is 2.75. The van der Waals surface area contributed by atoms with Gasteiger partial charge in [-0.1, -0.05) is 0 Å². The predicted molar refractivity (Wildman–Crippen MR) is 48.6 cm³/mol. The fourth-order valence-corrected chi connectivity index (χ4v) is 2.13. The second kappa shape index (κ2) is 3.53. The van der Waals surface area contributed by atoms with Crippen molar-refractivity contribution < 1.29 is 17.5 Å². The molecule has 4 nitrogen and oxygen atoms in total. The molecule has 0 aliphatic heterocycles. The molecule has 0 saturated heterocycles. The van der Waals surface area contributed by atoms with Crippen molar-refractivity contribution in [2.75, 3.05) is 13.4 Å². The van der Waals surface area contributed by atoms with Gasteiger partial charge in [-0.3, -0.25) is 4.98 Å². The maximum Gasteiger partial charge on any atom is 0.187 e. The van der Waals surface area contributed by atoms with Gasteiger partial charge < -0.3 is 4.74 Å². The molecule has 6 heteroatoms. The molecule has 0 bridgehead atoms. The maximum atomic E-state index is 13.5. The summed E-state index contributed by atoms with van der Waals surface area (Å²) in [6, 6.07) is 0. The molecule has 0 saturated carbocycles. The highest BCUT2D eigenvalue weighted by Crippen LogP contribution is 2.24. The Labute approximate surface area is 81.7 Å². The first kappa shape index (κ1) is 10.9. The maximum absolute atomic E-state index is 13.5. The van der Waals surface area contributed by atoms with Crippen molar-refractivity contribution in [2.45, 2.75) is 11.8 Å². The Balaban J connectivity index is 3.57. The van der Waals surface area contributed by atoms with Crippen LogP contribution in [0.25, 0.3) is 0 Å². The highest BCUT2D eigenvalue weighted by Gasteiger charge is 2.21. The molecule has 1 rings (SSSR count). The number of rotatable bonds is 2. The third-order valence-corrected chi connectivity index (χ3v) is 2.93. The number of hydrogen-bond acceptors (Lipinski definition) is 4. The molecule has 0 fully saturated rings. The summed E-state index contributed by atoms with van der Waals surface area (Å²) in [5.41, 5.74) is 0.130. The minimum Gasteiger partial charge on any atom is -0.492 e. The van der Waals surface area contributed by atoms with Crippen molar-refractivity contribution in [1.82, 2.24) is 4.98 Å². The molecule has 1 aromatic heterocycles. The van der Waals surface area contributed by atoms with Crippen LogP contribution in [0, 0.1) is 12.7 Å². The molecule has 0 N–H and O–H groups in total. The normalized spacial score (nSPS) is 11.4. The Morgan fingerprint density at radius 2 is 2.07 bits per heavy atom. The summed E-state index contributed by atoms with van der Waals surface area (Å²) in [5.74, 6) is -1.06. The van der Waals surface area contributed by atoms with Gasteiger partial charge in [0.2, 0.25) is 0 Å². The lowest BCUT2D eigenvalue weighted by Crippen LogP contribution is -2.06. The van der Waals surface area contributed by atoms with Gasteiger partial charge >= 0.3 is 0 Å². The number of ether oxygens (including phenoxy) is 1. The van der Waals surface area contributed by atoms with E-state index < -0.39 is 20.5 Å². The fraction of sp³-hybridized carbons (Fsp3) is 0.375. The molecule has 0 aliphatic rings. The average Bonchev–Trinajstić information content (AvgIpc) is 2.02. The standard InChI is InChI=1S/C8H10FNO3S/c1-5-8(14(3,11)12)7(9)6(13-2)4-10-5/h4H,1-3H3. The monoisotopic (exact) mass is 219 g/mol. The van der Waals surface area contributed by atoms with Crippen molar-refractivity contribution in [3.8, 4) is 5.75 Å². The summed E-state index contributed by atoms with van der Waals surface area (Å²) in [4.78, 5) is 3.33. The Morgan fingerprint density at radius 3 is 2.50 bits per heavy atom. The topological polar surface area (TPSA) is 56.3 Å². The van der Waals surface area contributed by atoms with E-state index in [4.69, 9.17) is 0 Å². The van der Waals surface area contributed by atoms with Crippen LogP contribution in [0.5, 0.6) is 5.75 Å². The van der Waals surface area contributed by atoms with E-state index in [2.05, 4.69) is 9.72 Å². The number of pyridine rings is 1. The first-order valence-electron chi connectivity index (χ1n) is 3.77. The van der Waals surface area contributed by atoms with Gasteiger partial charge in [0.1, 0.15) is 4.90 Å². The van der Waals surface area contributed by atoms with Gasteiger partial charge in [-0.2, -0.15) is 0 Å². The van der Waals surface area contributed by atoms with Gasteiger partial charge in [0.15, 0.2) is 21.4 Å². The molecule has 14 heavy (non-hydrogen) atoms. The van der Waals surface area contributed by atoms with Crippen LogP contribution in [-0.4, -0.2) is 26.8 Å². The molecule has 1 aromatic rings. The van der Waals surface area contributed by atoms with Crippen LogP contribution in [0.4, 0.5) is 4.39 Å². The second-order valence-corrected chi connectivity index (χ2v) is 4.78. The largest absolute Gasteiger partial charge is 0.492 e. The van der Waals surface area contributed by atoms with Crippen LogP contribution in [0.3, 0.4) is 0 Å². The third-order valence-electron chi connectivity index (χ3n) is 1.71. The molecular weight excluding hydrogens is 209 g/mol.